The van der Waals surface area contributed by atoms with Crippen LogP contribution in [-0.2, 0) is 14.3 Å². The van der Waals surface area contributed by atoms with Gasteiger partial charge in [0, 0.05) is 31.8 Å². The molecule has 0 atom stereocenters. The van der Waals surface area contributed by atoms with Crippen molar-refractivity contribution in [3.05, 3.63) is 35.9 Å². The predicted octanol–water partition coefficient (Wildman–Crippen LogP) is 2.22. The third kappa shape index (κ3) is 3.34. The van der Waals surface area contributed by atoms with Gasteiger partial charge < -0.3 is 19.4 Å². The van der Waals surface area contributed by atoms with Crippen LogP contribution in [0.25, 0.3) is 0 Å². The van der Waals surface area contributed by atoms with Crippen LogP contribution in [0.15, 0.2) is 30.3 Å². The Kier molecular flexibility index (Phi) is 4.10. The number of ether oxygens (including phenoxy) is 2. The lowest BCUT2D eigenvalue weighted by atomic mass is 9.97. The number of piperidine rings is 1. The van der Waals surface area contributed by atoms with Gasteiger partial charge in [-0.05, 0) is 5.56 Å². The van der Waals surface area contributed by atoms with Crippen LogP contribution in [0.1, 0.15) is 24.3 Å². The number of carboxylic acid groups (broad SMARTS) is 1. The summed E-state index contributed by atoms with van der Waals surface area (Å²) in [7, 11) is 0. The molecule has 0 aromatic heterocycles. The standard InChI is InChI=1S/C15H19NO5/c17-14(18)21-16-8-6-15(7-9-16)19-10-13(11-20-15)12-4-2-1-3-5-12/h1-5,13H,6-11H2,(H,17,18). The zero-order chi connectivity index (χ0) is 14.7. The van der Waals surface area contributed by atoms with Gasteiger partial charge >= 0.3 is 6.16 Å². The fourth-order valence-electron chi connectivity index (χ4n) is 2.83. The molecule has 1 N–H and O–H groups in total. The van der Waals surface area contributed by atoms with Crippen molar-refractivity contribution in [2.75, 3.05) is 26.3 Å². The van der Waals surface area contributed by atoms with Crippen LogP contribution in [-0.4, -0.2) is 48.4 Å². The van der Waals surface area contributed by atoms with Crippen molar-refractivity contribution < 1.29 is 24.2 Å². The molecule has 0 bridgehead atoms. The van der Waals surface area contributed by atoms with Crippen molar-refractivity contribution in [1.82, 2.24) is 5.06 Å². The van der Waals surface area contributed by atoms with Crippen LogP contribution in [0, 0.1) is 0 Å². The first-order chi connectivity index (χ1) is 10.2. The fourth-order valence-corrected chi connectivity index (χ4v) is 2.83. The average Bonchev–Trinajstić information content (AvgIpc) is 2.51. The van der Waals surface area contributed by atoms with Crippen LogP contribution < -0.4 is 0 Å². The minimum Gasteiger partial charge on any atom is -0.448 e. The van der Waals surface area contributed by atoms with E-state index >= 15 is 0 Å². The van der Waals surface area contributed by atoms with Crippen molar-refractivity contribution in [2.45, 2.75) is 24.5 Å². The molecule has 6 nitrogen and oxygen atoms in total. The van der Waals surface area contributed by atoms with Crippen molar-refractivity contribution >= 4 is 6.16 Å². The second-order valence-electron chi connectivity index (χ2n) is 5.43. The highest BCUT2D eigenvalue weighted by molar-refractivity contribution is 5.56. The molecule has 1 aromatic carbocycles. The molecule has 21 heavy (non-hydrogen) atoms. The Bertz CT molecular complexity index is 474. The van der Waals surface area contributed by atoms with Gasteiger partial charge in [-0.15, -0.1) is 5.06 Å². The Morgan fingerprint density at radius 2 is 1.81 bits per heavy atom. The van der Waals surface area contributed by atoms with Gasteiger partial charge in [0.15, 0.2) is 5.79 Å². The summed E-state index contributed by atoms with van der Waals surface area (Å²) in [6.45, 7) is 2.23. The quantitative estimate of drug-likeness (QED) is 0.901. The molecule has 0 saturated carbocycles. The molecule has 2 fully saturated rings. The van der Waals surface area contributed by atoms with Gasteiger partial charge in [0.1, 0.15) is 0 Å². The van der Waals surface area contributed by atoms with Gasteiger partial charge in [0.05, 0.1) is 13.2 Å². The molecular formula is C15H19NO5. The summed E-state index contributed by atoms with van der Waals surface area (Å²) in [4.78, 5) is 15.2. The topological polar surface area (TPSA) is 68.2 Å². The Labute approximate surface area is 123 Å². The second-order valence-corrected chi connectivity index (χ2v) is 5.43. The lowest BCUT2D eigenvalue weighted by Gasteiger charge is -2.44. The zero-order valence-corrected chi connectivity index (χ0v) is 11.7. The normalized spacial score (nSPS) is 23.0. The minimum absolute atomic E-state index is 0.255. The van der Waals surface area contributed by atoms with E-state index in [0.29, 0.717) is 39.1 Å². The van der Waals surface area contributed by atoms with E-state index < -0.39 is 11.9 Å². The number of benzene rings is 1. The van der Waals surface area contributed by atoms with Gasteiger partial charge in [-0.1, -0.05) is 30.3 Å². The van der Waals surface area contributed by atoms with Crippen LogP contribution in [0.4, 0.5) is 4.79 Å². The van der Waals surface area contributed by atoms with Crippen LogP contribution in [0.3, 0.4) is 0 Å². The molecule has 2 aliphatic rings. The molecule has 2 saturated heterocycles. The van der Waals surface area contributed by atoms with E-state index in [0.717, 1.165) is 0 Å². The molecule has 3 rings (SSSR count). The van der Waals surface area contributed by atoms with Crippen molar-refractivity contribution in [1.29, 1.82) is 0 Å². The first-order valence-electron chi connectivity index (χ1n) is 7.16. The molecule has 0 aliphatic carbocycles. The smallest absolute Gasteiger partial charge is 0.448 e. The first kappa shape index (κ1) is 14.3. The molecule has 1 spiro atoms. The Hall–Kier alpha value is -1.63. The number of carbonyl (C=O) groups is 1. The van der Waals surface area contributed by atoms with Crippen molar-refractivity contribution in [2.24, 2.45) is 0 Å². The molecule has 0 unspecified atom stereocenters. The maximum Gasteiger partial charge on any atom is 0.525 e. The first-order valence-corrected chi connectivity index (χ1v) is 7.16. The number of hydrogen-bond donors (Lipinski definition) is 1. The minimum atomic E-state index is -1.28. The SMILES string of the molecule is O=C(O)ON1CCC2(CC1)OCC(c1ccccc1)CO2. The second kappa shape index (κ2) is 6.01. The summed E-state index contributed by atoms with van der Waals surface area (Å²) in [5.41, 5.74) is 1.22. The maximum absolute atomic E-state index is 10.5. The lowest BCUT2D eigenvalue weighted by Crippen LogP contribution is -2.51. The van der Waals surface area contributed by atoms with Gasteiger partial charge in [-0.2, -0.15) is 0 Å². The van der Waals surface area contributed by atoms with E-state index in [1.54, 1.807) is 0 Å². The summed E-state index contributed by atoms with van der Waals surface area (Å²) >= 11 is 0. The average molecular weight is 293 g/mol. The summed E-state index contributed by atoms with van der Waals surface area (Å²) in [6, 6.07) is 10.2. The number of nitrogens with zero attached hydrogens (tertiary/aromatic N) is 1. The van der Waals surface area contributed by atoms with E-state index in [-0.39, 0.29) is 5.92 Å². The zero-order valence-electron chi connectivity index (χ0n) is 11.7. The third-order valence-electron chi connectivity index (χ3n) is 4.06. The number of hydrogen-bond acceptors (Lipinski definition) is 5. The number of rotatable bonds is 2. The molecule has 1 aromatic rings. The van der Waals surface area contributed by atoms with E-state index in [1.807, 2.05) is 18.2 Å². The lowest BCUT2D eigenvalue weighted by molar-refractivity contribution is -0.305. The third-order valence-corrected chi connectivity index (χ3v) is 4.06. The number of hydroxylamine groups is 2. The molecule has 2 aliphatic heterocycles. The molecule has 114 valence electrons. The molecular weight excluding hydrogens is 274 g/mol. The molecule has 2 heterocycles. The summed E-state index contributed by atoms with van der Waals surface area (Å²) in [5.74, 6) is -0.325. The summed E-state index contributed by atoms with van der Waals surface area (Å²) in [5, 5.41) is 10.0. The molecule has 0 radical (unpaired) electrons. The van der Waals surface area contributed by atoms with Crippen LogP contribution in [0.2, 0.25) is 0 Å². The molecule has 6 heteroatoms. The predicted molar refractivity (Wildman–Crippen MR) is 73.7 cm³/mol. The van der Waals surface area contributed by atoms with Gasteiger partial charge in [-0.25, -0.2) is 4.79 Å². The Balaban J connectivity index is 1.53. The highest BCUT2D eigenvalue weighted by Gasteiger charge is 2.41. The van der Waals surface area contributed by atoms with Gasteiger partial charge in [0.25, 0.3) is 0 Å². The van der Waals surface area contributed by atoms with E-state index in [1.165, 1.54) is 10.6 Å². The summed E-state index contributed by atoms with van der Waals surface area (Å²) in [6.07, 6.45) is -0.0515. The maximum atomic E-state index is 10.5. The van der Waals surface area contributed by atoms with Crippen molar-refractivity contribution in [3.8, 4) is 0 Å². The van der Waals surface area contributed by atoms with Crippen LogP contribution >= 0.6 is 0 Å². The van der Waals surface area contributed by atoms with Gasteiger partial charge in [-0.3, -0.25) is 0 Å². The van der Waals surface area contributed by atoms with Gasteiger partial charge in [0.2, 0.25) is 0 Å². The fraction of sp³-hybridized carbons (Fsp3) is 0.533. The Morgan fingerprint density at radius 1 is 1.19 bits per heavy atom. The highest BCUT2D eigenvalue weighted by atomic mass is 16.8. The largest absolute Gasteiger partial charge is 0.525 e. The highest BCUT2D eigenvalue weighted by Crippen LogP contribution is 2.35. The van der Waals surface area contributed by atoms with Crippen molar-refractivity contribution in [3.63, 3.8) is 0 Å². The summed E-state index contributed by atoms with van der Waals surface area (Å²) < 4.78 is 11.9. The molecule has 0 amide bonds. The van der Waals surface area contributed by atoms with E-state index in [9.17, 15) is 4.79 Å². The monoisotopic (exact) mass is 293 g/mol. The van der Waals surface area contributed by atoms with E-state index in [4.69, 9.17) is 14.6 Å². The Morgan fingerprint density at radius 3 is 2.38 bits per heavy atom. The van der Waals surface area contributed by atoms with Crippen LogP contribution in [0.5, 0.6) is 0 Å². The van der Waals surface area contributed by atoms with E-state index in [2.05, 4.69) is 17.0 Å².